The number of hydrogen-bond acceptors (Lipinski definition) is 3. The van der Waals surface area contributed by atoms with Gasteiger partial charge in [-0.05, 0) is 38.5 Å². The lowest BCUT2D eigenvalue weighted by atomic mass is 9.97. The Morgan fingerprint density at radius 3 is 2.38 bits per heavy atom. The Bertz CT molecular complexity index is 409. The lowest BCUT2D eigenvalue weighted by Gasteiger charge is -2.30. The van der Waals surface area contributed by atoms with Crippen LogP contribution in [0.3, 0.4) is 0 Å². The zero-order valence-electron chi connectivity index (χ0n) is 12.3. The molecule has 0 aromatic heterocycles. The van der Waals surface area contributed by atoms with Crippen LogP contribution in [-0.2, 0) is 4.79 Å². The second-order valence-electron chi connectivity index (χ2n) is 5.29. The number of hydrogen-bond donors (Lipinski definition) is 2. The average Bonchev–Trinajstić information content (AvgIpc) is 2.43. The van der Waals surface area contributed by atoms with E-state index in [4.69, 9.17) is 5.73 Å². The molecule has 1 aliphatic rings. The molecule has 1 heterocycles. The zero-order chi connectivity index (χ0) is 13.7. The van der Waals surface area contributed by atoms with E-state index in [0.717, 1.165) is 31.5 Å². The minimum absolute atomic E-state index is 0. The van der Waals surface area contributed by atoms with Gasteiger partial charge in [-0.15, -0.1) is 24.8 Å². The summed E-state index contributed by atoms with van der Waals surface area (Å²) < 4.78 is 0. The molecule has 0 bridgehead atoms. The van der Waals surface area contributed by atoms with Gasteiger partial charge in [0.05, 0.1) is 5.92 Å². The van der Waals surface area contributed by atoms with E-state index in [-0.39, 0.29) is 36.6 Å². The van der Waals surface area contributed by atoms with Crippen LogP contribution in [0, 0.1) is 0 Å². The van der Waals surface area contributed by atoms with Crippen molar-refractivity contribution in [2.24, 2.45) is 5.73 Å². The van der Waals surface area contributed by atoms with Crippen LogP contribution >= 0.6 is 24.8 Å². The number of carbonyl (C=O) groups excluding carboxylic acids is 1. The number of piperidine rings is 1. The van der Waals surface area contributed by atoms with Crippen LogP contribution < -0.4 is 11.1 Å². The van der Waals surface area contributed by atoms with Gasteiger partial charge in [0.25, 0.3) is 0 Å². The molecule has 0 spiro atoms. The summed E-state index contributed by atoms with van der Waals surface area (Å²) in [6.45, 7) is 2.44. The third-order valence-corrected chi connectivity index (χ3v) is 3.82. The van der Waals surface area contributed by atoms with Crippen LogP contribution in [0.4, 0.5) is 0 Å². The summed E-state index contributed by atoms with van der Waals surface area (Å²) >= 11 is 0. The Morgan fingerprint density at radius 2 is 1.86 bits per heavy atom. The largest absolute Gasteiger partial charge is 0.353 e. The van der Waals surface area contributed by atoms with Crippen molar-refractivity contribution in [3.63, 3.8) is 0 Å². The summed E-state index contributed by atoms with van der Waals surface area (Å²) in [5.41, 5.74) is 6.76. The highest BCUT2D eigenvalue weighted by Crippen LogP contribution is 2.16. The number of nitrogens with one attached hydrogen (secondary N) is 1. The molecule has 1 saturated heterocycles. The summed E-state index contributed by atoms with van der Waals surface area (Å²) in [5, 5.41) is 3.14. The second-order valence-corrected chi connectivity index (χ2v) is 5.29. The molecule has 6 heteroatoms. The number of rotatable bonds is 4. The Labute approximate surface area is 139 Å². The van der Waals surface area contributed by atoms with Gasteiger partial charge in [0.1, 0.15) is 0 Å². The Balaban J connectivity index is 0.00000200. The van der Waals surface area contributed by atoms with E-state index < -0.39 is 0 Å². The van der Waals surface area contributed by atoms with Gasteiger partial charge in [-0.25, -0.2) is 0 Å². The van der Waals surface area contributed by atoms with Gasteiger partial charge < -0.3 is 16.0 Å². The van der Waals surface area contributed by atoms with E-state index in [2.05, 4.69) is 17.3 Å². The van der Waals surface area contributed by atoms with Crippen LogP contribution in [-0.4, -0.2) is 43.5 Å². The molecule has 4 nitrogen and oxygen atoms in total. The molecule has 1 atom stereocenters. The first-order valence-corrected chi connectivity index (χ1v) is 6.94. The number of carbonyl (C=O) groups is 1. The van der Waals surface area contributed by atoms with Crippen molar-refractivity contribution in [3.05, 3.63) is 35.9 Å². The Kier molecular flexibility index (Phi) is 9.62. The minimum Gasteiger partial charge on any atom is -0.353 e. The van der Waals surface area contributed by atoms with E-state index in [0.29, 0.717) is 12.6 Å². The standard InChI is InChI=1S/C15H23N3O.2ClH/c1-18-9-7-13(8-10-18)17-15(19)14(11-16)12-5-3-2-4-6-12;;/h2-6,13-14H,7-11,16H2,1H3,(H,17,19);2*1H. The van der Waals surface area contributed by atoms with Gasteiger partial charge in [-0.2, -0.15) is 0 Å². The zero-order valence-corrected chi connectivity index (χ0v) is 14.0. The molecule has 0 radical (unpaired) electrons. The normalized spacial score (nSPS) is 17.2. The van der Waals surface area contributed by atoms with Crippen molar-refractivity contribution in [3.8, 4) is 0 Å². The van der Waals surface area contributed by atoms with Crippen LogP contribution in [0.25, 0.3) is 0 Å². The third-order valence-electron chi connectivity index (χ3n) is 3.82. The van der Waals surface area contributed by atoms with Gasteiger partial charge in [-0.1, -0.05) is 30.3 Å². The summed E-state index contributed by atoms with van der Waals surface area (Å²) in [6, 6.07) is 10.1. The van der Waals surface area contributed by atoms with E-state index in [1.165, 1.54) is 0 Å². The van der Waals surface area contributed by atoms with Crippen LogP contribution in [0.5, 0.6) is 0 Å². The number of benzene rings is 1. The van der Waals surface area contributed by atoms with Crippen molar-refractivity contribution >= 4 is 30.7 Å². The molecule has 1 aromatic rings. The lowest BCUT2D eigenvalue weighted by molar-refractivity contribution is -0.123. The van der Waals surface area contributed by atoms with Crippen molar-refractivity contribution in [2.45, 2.75) is 24.8 Å². The van der Waals surface area contributed by atoms with Crippen molar-refractivity contribution < 1.29 is 4.79 Å². The number of nitrogens with two attached hydrogens (primary N) is 1. The van der Waals surface area contributed by atoms with Gasteiger partial charge in [-0.3, -0.25) is 4.79 Å². The molecule has 1 unspecified atom stereocenters. The molecule has 21 heavy (non-hydrogen) atoms. The van der Waals surface area contributed by atoms with Gasteiger partial charge in [0.2, 0.25) is 5.91 Å². The van der Waals surface area contributed by atoms with Crippen molar-refractivity contribution in [1.29, 1.82) is 0 Å². The summed E-state index contributed by atoms with van der Waals surface area (Å²) in [6.07, 6.45) is 2.04. The lowest BCUT2D eigenvalue weighted by Crippen LogP contribution is -2.45. The molecule has 0 saturated carbocycles. The fourth-order valence-electron chi connectivity index (χ4n) is 2.53. The number of amides is 1. The highest BCUT2D eigenvalue weighted by atomic mass is 35.5. The smallest absolute Gasteiger partial charge is 0.229 e. The molecule has 1 aliphatic heterocycles. The summed E-state index contributed by atoms with van der Waals surface area (Å²) in [5.74, 6) is -0.177. The summed E-state index contributed by atoms with van der Waals surface area (Å²) in [7, 11) is 2.12. The average molecular weight is 334 g/mol. The molecule has 1 aromatic carbocycles. The maximum absolute atomic E-state index is 12.3. The quantitative estimate of drug-likeness (QED) is 0.883. The molecule has 0 aliphatic carbocycles. The molecule has 3 N–H and O–H groups in total. The predicted molar refractivity (Wildman–Crippen MR) is 91.4 cm³/mol. The molecule has 120 valence electrons. The number of nitrogens with zero attached hydrogens (tertiary/aromatic N) is 1. The predicted octanol–water partition coefficient (Wildman–Crippen LogP) is 1.78. The van der Waals surface area contributed by atoms with Crippen molar-refractivity contribution in [2.75, 3.05) is 26.7 Å². The van der Waals surface area contributed by atoms with Crippen LogP contribution in [0.15, 0.2) is 30.3 Å². The first kappa shape index (κ1) is 20.2. The van der Waals surface area contributed by atoms with E-state index in [1.807, 2.05) is 30.3 Å². The number of halogens is 2. The first-order valence-electron chi connectivity index (χ1n) is 6.94. The van der Waals surface area contributed by atoms with E-state index in [9.17, 15) is 4.79 Å². The second kappa shape index (κ2) is 10.0. The molecule has 2 rings (SSSR count). The fourth-order valence-corrected chi connectivity index (χ4v) is 2.53. The molecular formula is C15H25Cl2N3O. The number of likely N-dealkylation sites (tertiary alicyclic amines) is 1. The highest BCUT2D eigenvalue weighted by molar-refractivity contribution is 5.85. The Hall–Kier alpha value is -0.810. The maximum Gasteiger partial charge on any atom is 0.229 e. The van der Waals surface area contributed by atoms with Gasteiger partial charge in [0.15, 0.2) is 0 Å². The third kappa shape index (κ3) is 5.83. The van der Waals surface area contributed by atoms with Gasteiger partial charge >= 0.3 is 0 Å². The molecule has 1 amide bonds. The van der Waals surface area contributed by atoms with Gasteiger partial charge in [0, 0.05) is 12.6 Å². The van der Waals surface area contributed by atoms with Crippen molar-refractivity contribution in [1.82, 2.24) is 10.2 Å². The topological polar surface area (TPSA) is 58.4 Å². The Morgan fingerprint density at radius 1 is 1.29 bits per heavy atom. The van der Waals surface area contributed by atoms with E-state index >= 15 is 0 Å². The highest BCUT2D eigenvalue weighted by Gasteiger charge is 2.23. The monoisotopic (exact) mass is 333 g/mol. The minimum atomic E-state index is -0.235. The maximum atomic E-state index is 12.3. The molecule has 1 fully saturated rings. The van der Waals surface area contributed by atoms with E-state index in [1.54, 1.807) is 0 Å². The fraction of sp³-hybridized carbons (Fsp3) is 0.533. The SMILES string of the molecule is CN1CCC(NC(=O)C(CN)c2ccccc2)CC1.Cl.Cl. The first-order chi connectivity index (χ1) is 9.20. The molecular weight excluding hydrogens is 309 g/mol. The summed E-state index contributed by atoms with van der Waals surface area (Å²) in [4.78, 5) is 14.6. The van der Waals surface area contributed by atoms with Crippen LogP contribution in [0.1, 0.15) is 24.3 Å². The van der Waals surface area contributed by atoms with Crippen LogP contribution in [0.2, 0.25) is 0 Å².